The van der Waals surface area contributed by atoms with Crippen LogP contribution < -0.4 is 5.32 Å². The second-order valence-electron chi connectivity index (χ2n) is 4.84. The van der Waals surface area contributed by atoms with Crippen molar-refractivity contribution in [3.8, 4) is 0 Å². The zero-order valence-corrected chi connectivity index (χ0v) is 13.1. The van der Waals surface area contributed by atoms with Crippen molar-refractivity contribution in [3.05, 3.63) is 35.6 Å². The van der Waals surface area contributed by atoms with Gasteiger partial charge in [-0.3, -0.25) is 0 Å². The highest BCUT2D eigenvalue weighted by atomic mass is 19.1. The number of methoxy groups -OCH3 is 1. The predicted molar refractivity (Wildman–Crippen MR) is 81.6 cm³/mol. The van der Waals surface area contributed by atoms with Gasteiger partial charge in [-0.05, 0) is 50.3 Å². The van der Waals surface area contributed by atoms with Crippen molar-refractivity contribution in [2.24, 2.45) is 0 Å². The number of ether oxygens (including phenoxy) is 1. The molecule has 1 N–H and O–H groups in total. The molecule has 1 atom stereocenters. The minimum atomic E-state index is -0.549. The normalized spacial score (nSPS) is 12.4. The third-order valence-electron chi connectivity index (χ3n) is 3.53. The number of rotatable bonds is 9. The molecule has 0 aliphatic heterocycles. The smallest absolute Gasteiger partial charge is 0.327 e. The summed E-state index contributed by atoms with van der Waals surface area (Å²) >= 11 is 0. The van der Waals surface area contributed by atoms with E-state index >= 15 is 0 Å². The Balaban J connectivity index is 2.55. The van der Waals surface area contributed by atoms with E-state index in [1.807, 2.05) is 0 Å². The minimum Gasteiger partial charge on any atom is -0.468 e. The van der Waals surface area contributed by atoms with Crippen LogP contribution >= 0.6 is 0 Å². The zero-order chi connectivity index (χ0) is 15.7. The highest BCUT2D eigenvalue weighted by Crippen LogP contribution is 2.15. The van der Waals surface area contributed by atoms with Crippen molar-refractivity contribution in [2.75, 3.05) is 33.3 Å². The predicted octanol–water partition coefficient (Wildman–Crippen LogP) is 2.36. The largest absolute Gasteiger partial charge is 0.468 e. The first-order chi connectivity index (χ1) is 10.1. The zero-order valence-electron chi connectivity index (χ0n) is 13.1. The van der Waals surface area contributed by atoms with Crippen LogP contribution in [0.25, 0.3) is 0 Å². The van der Waals surface area contributed by atoms with Gasteiger partial charge in [0, 0.05) is 0 Å². The molecule has 0 fully saturated rings. The van der Waals surface area contributed by atoms with Crippen LogP contribution in [0.3, 0.4) is 0 Å². The van der Waals surface area contributed by atoms with Gasteiger partial charge in [-0.25, -0.2) is 9.18 Å². The number of hydrogen-bond acceptors (Lipinski definition) is 4. The molecule has 1 aromatic rings. The number of esters is 1. The van der Waals surface area contributed by atoms with Gasteiger partial charge in [0.25, 0.3) is 0 Å². The van der Waals surface area contributed by atoms with E-state index in [1.54, 1.807) is 12.1 Å². The molecule has 4 nitrogen and oxygen atoms in total. The van der Waals surface area contributed by atoms with E-state index in [-0.39, 0.29) is 11.8 Å². The van der Waals surface area contributed by atoms with Crippen molar-refractivity contribution < 1.29 is 13.9 Å². The quantitative estimate of drug-likeness (QED) is 0.561. The average Bonchev–Trinajstić information content (AvgIpc) is 2.51. The molecule has 0 aromatic heterocycles. The van der Waals surface area contributed by atoms with E-state index in [4.69, 9.17) is 4.74 Å². The first kappa shape index (κ1) is 17.6. The average molecular weight is 296 g/mol. The Bertz CT molecular complexity index is 419. The van der Waals surface area contributed by atoms with E-state index in [0.717, 1.165) is 26.1 Å². The first-order valence-corrected chi connectivity index (χ1v) is 7.41. The lowest BCUT2D eigenvalue weighted by atomic mass is 10.1. The number of nitrogens with one attached hydrogen (secondary N) is 1. The van der Waals surface area contributed by atoms with Crippen molar-refractivity contribution in [2.45, 2.75) is 26.3 Å². The van der Waals surface area contributed by atoms with E-state index in [2.05, 4.69) is 24.1 Å². The molecule has 0 amide bonds. The minimum absolute atomic E-state index is 0.316. The van der Waals surface area contributed by atoms with Gasteiger partial charge in [-0.2, -0.15) is 0 Å². The van der Waals surface area contributed by atoms with Crippen LogP contribution in [0.5, 0.6) is 0 Å². The molecule has 5 heteroatoms. The molecular weight excluding hydrogens is 271 g/mol. The molecule has 0 aliphatic carbocycles. The van der Waals surface area contributed by atoms with E-state index in [9.17, 15) is 9.18 Å². The maximum absolute atomic E-state index is 13.0. The molecule has 21 heavy (non-hydrogen) atoms. The lowest BCUT2D eigenvalue weighted by Gasteiger charge is -2.20. The molecule has 118 valence electrons. The molecular formula is C16H25FN2O2. The number of carbonyl (C=O) groups is 1. The first-order valence-electron chi connectivity index (χ1n) is 7.41. The van der Waals surface area contributed by atoms with Crippen LogP contribution in [-0.2, 0) is 9.53 Å². The summed E-state index contributed by atoms with van der Waals surface area (Å²) in [6.45, 7) is 7.99. The van der Waals surface area contributed by atoms with Gasteiger partial charge in [0.05, 0.1) is 7.11 Å². The van der Waals surface area contributed by atoms with E-state index in [0.29, 0.717) is 12.1 Å². The van der Waals surface area contributed by atoms with Gasteiger partial charge >= 0.3 is 5.97 Å². The van der Waals surface area contributed by atoms with Crippen molar-refractivity contribution in [1.82, 2.24) is 10.2 Å². The molecule has 0 radical (unpaired) electrons. The van der Waals surface area contributed by atoms with Crippen LogP contribution in [0.15, 0.2) is 24.3 Å². The Morgan fingerprint density at radius 3 is 2.43 bits per heavy atom. The Morgan fingerprint density at radius 2 is 1.90 bits per heavy atom. The SMILES string of the molecule is CCN(CC)CCCNC(C(=O)OC)c1ccc(F)cc1. The Morgan fingerprint density at radius 1 is 1.29 bits per heavy atom. The Kier molecular flexibility index (Phi) is 7.93. The van der Waals surface area contributed by atoms with Gasteiger partial charge in [0.15, 0.2) is 0 Å². The maximum atomic E-state index is 13.0. The second-order valence-corrected chi connectivity index (χ2v) is 4.84. The van der Waals surface area contributed by atoms with Crippen LogP contribution in [0, 0.1) is 5.82 Å². The molecule has 0 saturated carbocycles. The van der Waals surface area contributed by atoms with Crippen molar-refractivity contribution in [3.63, 3.8) is 0 Å². The maximum Gasteiger partial charge on any atom is 0.327 e. The van der Waals surface area contributed by atoms with Gasteiger partial charge in [-0.1, -0.05) is 26.0 Å². The lowest BCUT2D eigenvalue weighted by molar-refractivity contribution is -0.143. The molecule has 1 rings (SSSR count). The summed E-state index contributed by atoms with van der Waals surface area (Å²) in [5.74, 6) is -0.673. The summed E-state index contributed by atoms with van der Waals surface area (Å²) in [7, 11) is 1.36. The summed E-state index contributed by atoms with van der Waals surface area (Å²) in [4.78, 5) is 14.2. The third kappa shape index (κ3) is 5.81. The standard InChI is InChI=1S/C16H25FN2O2/c1-4-19(5-2)12-6-11-18-15(16(20)21-3)13-7-9-14(17)10-8-13/h7-10,15,18H,4-6,11-12H2,1-3H3. The van der Waals surface area contributed by atoms with Crippen molar-refractivity contribution in [1.29, 1.82) is 0 Å². The van der Waals surface area contributed by atoms with Crippen molar-refractivity contribution >= 4 is 5.97 Å². The fraction of sp³-hybridized carbons (Fsp3) is 0.562. The molecule has 1 unspecified atom stereocenters. The highest BCUT2D eigenvalue weighted by molar-refractivity contribution is 5.77. The molecule has 0 spiro atoms. The summed E-state index contributed by atoms with van der Waals surface area (Å²) in [5, 5.41) is 3.19. The monoisotopic (exact) mass is 296 g/mol. The van der Waals surface area contributed by atoms with E-state index < -0.39 is 6.04 Å². The number of nitrogens with zero attached hydrogens (tertiary/aromatic N) is 1. The van der Waals surface area contributed by atoms with Gasteiger partial charge in [-0.15, -0.1) is 0 Å². The summed E-state index contributed by atoms with van der Waals surface area (Å²) < 4.78 is 17.8. The number of hydrogen-bond donors (Lipinski definition) is 1. The molecule has 0 saturated heterocycles. The van der Waals surface area contributed by atoms with Gasteiger partial charge < -0.3 is 15.0 Å². The molecule has 0 heterocycles. The van der Waals surface area contributed by atoms with E-state index in [1.165, 1.54) is 19.2 Å². The summed E-state index contributed by atoms with van der Waals surface area (Å²) in [6, 6.07) is 5.36. The van der Waals surface area contributed by atoms with Crippen LogP contribution in [-0.4, -0.2) is 44.2 Å². The molecule has 1 aromatic carbocycles. The highest BCUT2D eigenvalue weighted by Gasteiger charge is 2.20. The van der Waals surface area contributed by atoms with Crippen LogP contribution in [0.4, 0.5) is 4.39 Å². The molecule has 0 aliphatic rings. The summed E-state index contributed by atoms with van der Waals surface area (Å²) in [6.07, 6.45) is 0.941. The molecule has 0 bridgehead atoms. The second kappa shape index (κ2) is 9.47. The number of benzene rings is 1. The summed E-state index contributed by atoms with van der Waals surface area (Å²) in [5.41, 5.74) is 0.714. The van der Waals surface area contributed by atoms with Gasteiger partial charge in [0.1, 0.15) is 11.9 Å². The third-order valence-corrected chi connectivity index (χ3v) is 3.53. The Hall–Kier alpha value is -1.46. The van der Waals surface area contributed by atoms with Gasteiger partial charge in [0.2, 0.25) is 0 Å². The van der Waals surface area contributed by atoms with Crippen LogP contribution in [0.1, 0.15) is 31.9 Å². The number of halogens is 1. The number of carbonyl (C=O) groups excluding carboxylic acids is 1. The fourth-order valence-corrected chi connectivity index (χ4v) is 2.20. The Labute approximate surface area is 126 Å². The fourth-order valence-electron chi connectivity index (χ4n) is 2.20. The topological polar surface area (TPSA) is 41.6 Å². The lowest BCUT2D eigenvalue weighted by Crippen LogP contribution is -2.32. The van der Waals surface area contributed by atoms with Crippen LogP contribution in [0.2, 0.25) is 0 Å².